The van der Waals surface area contributed by atoms with Crippen LogP contribution < -0.4 is 10.6 Å². The van der Waals surface area contributed by atoms with Crippen molar-refractivity contribution in [3.05, 3.63) is 24.0 Å². The van der Waals surface area contributed by atoms with Crippen LogP contribution in [0.5, 0.6) is 0 Å². The summed E-state index contributed by atoms with van der Waals surface area (Å²) in [4.78, 5) is 15.9. The van der Waals surface area contributed by atoms with Gasteiger partial charge in [0.05, 0.1) is 11.9 Å². The lowest BCUT2D eigenvalue weighted by molar-refractivity contribution is 0.0914. The van der Waals surface area contributed by atoms with Crippen molar-refractivity contribution in [3.63, 3.8) is 0 Å². The number of anilines is 1. The third-order valence-electron chi connectivity index (χ3n) is 2.06. The third-order valence-corrected chi connectivity index (χ3v) is 2.06. The number of aromatic nitrogens is 1. The van der Waals surface area contributed by atoms with Crippen LogP contribution in [0, 0.1) is 0 Å². The first-order valence-electron chi connectivity index (χ1n) is 5.95. The molecule has 0 saturated carbocycles. The molecule has 1 aromatic rings. The van der Waals surface area contributed by atoms with Gasteiger partial charge in [-0.25, -0.2) is 4.98 Å². The second-order valence-corrected chi connectivity index (χ2v) is 5.06. The Hall–Kier alpha value is -1.58. The summed E-state index contributed by atoms with van der Waals surface area (Å²) in [6.07, 6.45) is 2.75. The summed E-state index contributed by atoms with van der Waals surface area (Å²) >= 11 is 0. The quantitative estimate of drug-likeness (QED) is 0.842. The summed E-state index contributed by atoms with van der Waals surface area (Å²) in [5, 5.41) is 6.09. The Morgan fingerprint density at radius 2 is 2.06 bits per heavy atom. The summed E-state index contributed by atoms with van der Waals surface area (Å²) in [6, 6.07) is 3.61. The molecule has 0 fully saturated rings. The van der Waals surface area contributed by atoms with E-state index >= 15 is 0 Å². The van der Waals surface area contributed by atoms with Crippen LogP contribution in [0.3, 0.4) is 0 Å². The Morgan fingerprint density at radius 3 is 2.53 bits per heavy atom. The molecular formula is C13H21N3O. The van der Waals surface area contributed by atoms with E-state index in [2.05, 4.69) is 22.5 Å². The van der Waals surface area contributed by atoms with Crippen molar-refractivity contribution in [2.75, 3.05) is 11.9 Å². The van der Waals surface area contributed by atoms with E-state index < -0.39 is 0 Å². The second kappa shape index (κ2) is 5.66. The van der Waals surface area contributed by atoms with E-state index in [0.717, 1.165) is 18.7 Å². The molecule has 4 heteroatoms. The first-order valence-corrected chi connectivity index (χ1v) is 5.95. The number of rotatable bonds is 4. The molecule has 0 saturated heterocycles. The summed E-state index contributed by atoms with van der Waals surface area (Å²) in [5.41, 5.74) is 1.15. The van der Waals surface area contributed by atoms with Crippen molar-refractivity contribution >= 4 is 11.6 Å². The summed E-state index contributed by atoms with van der Waals surface area (Å²) < 4.78 is 0. The molecule has 1 heterocycles. The molecule has 17 heavy (non-hydrogen) atoms. The van der Waals surface area contributed by atoms with Gasteiger partial charge in [0.2, 0.25) is 0 Å². The molecule has 2 N–H and O–H groups in total. The number of hydrogen-bond acceptors (Lipinski definition) is 3. The van der Waals surface area contributed by atoms with Gasteiger partial charge in [-0.3, -0.25) is 4.79 Å². The van der Waals surface area contributed by atoms with E-state index in [1.165, 1.54) is 0 Å². The van der Waals surface area contributed by atoms with E-state index in [4.69, 9.17) is 0 Å². The Morgan fingerprint density at radius 1 is 1.35 bits per heavy atom. The molecule has 0 aliphatic heterocycles. The zero-order valence-corrected chi connectivity index (χ0v) is 11.0. The summed E-state index contributed by atoms with van der Waals surface area (Å²) in [6.45, 7) is 8.85. The van der Waals surface area contributed by atoms with Crippen molar-refractivity contribution in [3.8, 4) is 0 Å². The van der Waals surface area contributed by atoms with Crippen molar-refractivity contribution < 1.29 is 4.79 Å². The van der Waals surface area contributed by atoms with Crippen LogP contribution in [0.2, 0.25) is 0 Å². The van der Waals surface area contributed by atoms with Crippen LogP contribution in [-0.4, -0.2) is 23.0 Å². The molecule has 0 radical (unpaired) electrons. The molecule has 0 bridgehead atoms. The molecule has 1 amide bonds. The summed E-state index contributed by atoms with van der Waals surface area (Å²) in [7, 11) is 0. The maximum absolute atomic E-state index is 11.8. The molecule has 0 aliphatic carbocycles. The fraction of sp³-hybridized carbons (Fsp3) is 0.538. The minimum Gasteiger partial charge on any atom is -0.384 e. The van der Waals surface area contributed by atoms with Crippen molar-refractivity contribution in [1.82, 2.24) is 10.3 Å². The highest BCUT2D eigenvalue weighted by molar-refractivity contribution is 5.92. The van der Waals surface area contributed by atoms with Gasteiger partial charge in [-0.05, 0) is 39.3 Å². The SMILES string of the molecule is CCCNc1ccc(C(=O)NC(C)(C)C)nc1. The Kier molecular flexibility index (Phi) is 4.49. The lowest BCUT2D eigenvalue weighted by atomic mass is 10.1. The zero-order chi connectivity index (χ0) is 12.9. The zero-order valence-electron chi connectivity index (χ0n) is 11.0. The van der Waals surface area contributed by atoms with Gasteiger partial charge in [-0.1, -0.05) is 6.92 Å². The second-order valence-electron chi connectivity index (χ2n) is 5.06. The maximum atomic E-state index is 11.8. The lowest BCUT2D eigenvalue weighted by Crippen LogP contribution is -2.40. The largest absolute Gasteiger partial charge is 0.384 e. The molecule has 0 unspecified atom stereocenters. The lowest BCUT2D eigenvalue weighted by Gasteiger charge is -2.20. The van der Waals surface area contributed by atoms with E-state index in [9.17, 15) is 4.79 Å². The molecule has 0 atom stereocenters. The van der Waals surface area contributed by atoms with Crippen LogP contribution in [0.4, 0.5) is 5.69 Å². The first kappa shape index (κ1) is 13.5. The van der Waals surface area contributed by atoms with Crippen molar-refractivity contribution in [2.45, 2.75) is 39.7 Å². The van der Waals surface area contributed by atoms with Crippen LogP contribution in [0.15, 0.2) is 18.3 Å². The molecule has 1 aromatic heterocycles. The smallest absolute Gasteiger partial charge is 0.270 e. The minimum absolute atomic E-state index is 0.139. The highest BCUT2D eigenvalue weighted by Gasteiger charge is 2.15. The average Bonchev–Trinajstić information content (AvgIpc) is 2.24. The maximum Gasteiger partial charge on any atom is 0.270 e. The highest BCUT2D eigenvalue weighted by Crippen LogP contribution is 2.07. The van der Waals surface area contributed by atoms with Crippen LogP contribution in [0.1, 0.15) is 44.6 Å². The van der Waals surface area contributed by atoms with E-state index in [1.807, 2.05) is 26.8 Å². The molecule has 0 spiro atoms. The van der Waals surface area contributed by atoms with E-state index in [-0.39, 0.29) is 11.4 Å². The monoisotopic (exact) mass is 235 g/mol. The molecule has 94 valence electrons. The fourth-order valence-electron chi connectivity index (χ4n) is 1.31. The number of pyridine rings is 1. The van der Waals surface area contributed by atoms with Crippen LogP contribution in [0.25, 0.3) is 0 Å². The number of nitrogens with one attached hydrogen (secondary N) is 2. The Bertz CT molecular complexity index is 365. The number of nitrogens with zero attached hydrogens (tertiary/aromatic N) is 1. The number of amides is 1. The number of hydrogen-bond donors (Lipinski definition) is 2. The molecular weight excluding hydrogens is 214 g/mol. The van der Waals surface area contributed by atoms with Crippen molar-refractivity contribution in [2.24, 2.45) is 0 Å². The molecule has 0 aliphatic rings. The van der Waals surface area contributed by atoms with Gasteiger partial charge in [0, 0.05) is 12.1 Å². The third kappa shape index (κ3) is 4.85. The van der Waals surface area contributed by atoms with Gasteiger partial charge in [-0.2, -0.15) is 0 Å². The molecule has 1 rings (SSSR count). The van der Waals surface area contributed by atoms with Crippen molar-refractivity contribution in [1.29, 1.82) is 0 Å². The van der Waals surface area contributed by atoms with Gasteiger partial charge in [0.25, 0.3) is 5.91 Å². The average molecular weight is 235 g/mol. The summed E-state index contributed by atoms with van der Waals surface area (Å²) in [5.74, 6) is -0.139. The fourth-order valence-corrected chi connectivity index (χ4v) is 1.31. The van der Waals surface area contributed by atoms with E-state index in [1.54, 1.807) is 12.3 Å². The van der Waals surface area contributed by atoms with Gasteiger partial charge < -0.3 is 10.6 Å². The molecule has 0 aromatic carbocycles. The minimum atomic E-state index is -0.238. The molecule has 4 nitrogen and oxygen atoms in total. The van der Waals surface area contributed by atoms with Gasteiger partial charge >= 0.3 is 0 Å². The van der Waals surface area contributed by atoms with Crippen LogP contribution in [-0.2, 0) is 0 Å². The standard InChI is InChI=1S/C13H21N3O/c1-5-8-14-10-6-7-11(15-9-10)12(17)16-13(2,3)4/h6-7,9,14H,5,8H2,1-4H3,(H,16,17). The Balaban J connectivity index is 2.64. The highest BCUT2D eigenvalue weighted by atomic mass is 16.2. The van der Waals surface area contributed by atoms with Gasteiger partial charge in [0.1, 0.15) is 5.69 Å². The van der Waals surface area contributed by atoms with Crippen LogP contribution >= 0.6 is 0 Å². The van der Waals surface area contributed by atoms with Gasteiger partial charge in [0.15, 0.2) is 0 Å². The first-order chi connectivity index (χ1) is 7.92. The predicted octanol–water partition coefficient (Wildman–Crippen LogP) is 2.43. The van der Waals surface area contributed by atoms with E-state index in [0.29, 0.717) is 5.69 Å². The topological polar surface area (TPSA) is 54.0 Å². The number of carbonyl (C=O) groups excluding carboxylic acids is 1. The van der Waals surface area contributed by atoms with Gasteiger partial charge in [-0.15, -0.1) is 0 Å². The normalized spacial score (nSPS) is 11.1. The predicted molar refractivity (Wildman–Crippen MR) is 70.2 cm³/mol. The Labute approximate surface area is 103 Å². The number of carbonyl (C=O) groups is 1.